The normalized spacial score (nSPS) is 21.7. The van der Waals surface area contributed by atoms with Crippen LogP contribution in [0.15, 0.2) is 6.20 Å². The molecule has 5 heteroatoms. The summed E-state index contributed by atoms with van der Waals surface area (Å²) in [7, 11) is 0. The van der Waals surface area contributed by atoms with E-state index in [4.69, 9.17) is 0 Å². The standard InChI is InChI=1S/C14H23N3OS/c1-4-7-15-12-6-5-8-17(14(12)18)11(3)13-16-9-10(2)19-13/h9,11-12,15H,4-8H2,1-3H3. The number of aryl methyl sites for hydroxylation is 1. The molecule has 0 saturated carbocycles. The molecule has 2 rings (SSSR count). The van der Waals surface area contributed by atoms with Crippen LogP contribution in [0.1, 0.15) is 49.0 Å². The van der Waals surface area contributed by atoms with Crippen molar-refractivity contribution in [2.75, 3.05) is 13.1 Å². The number of carbonyl (C=O) groups excluding carboxylic acids is 1. The Labute approximate surface area is 119 Å². The van der Waals surface area contributed by atoms with Crippen molar-refractivity contribution in [1.82, 2.24) is 15.2 Å². The van der Waals surface area contributed by atoms with Gasteiger partial charge in [0.1, 0.15) is 5.01 Å². The molecule has 1 fully saturated rings. The molecule has 1 aliphatic heterocycles. The lowest BCUT2D eigenvalue weighted by atomic mass is 10.0. The van der Waals surface area contributed by atoms with Gasteiger partial charge >= 0.3 is 0 Å². The Bertz CT molecular complexity index is 432. The van der Waals surface area contributed by atoms with Crippen LogP contribution in [-0.4, -0.2) is 34.9 Å². The first-order chi connectivity index (χ1) is 9.13. The average Bonchev–Trinajstić information content (AvgIpc) is 2.83. The lowest BCUT2D eigenvalue weighted by Crippen LogP contribution is -2.51. The van der Waals surface area contributed by atoms with Gasteiger partial charge in [0.15, 0.2) is 0 Å². The van der Waals surface area contributed by atoms with Gasteiger partial charge in [-0.15, -0.1) is 11.3 Å². The maximum Gasteiger partial charge on any atom is 0.240 e. The second kappa shape index (κ2) is 6.48. The third kappa shape index (κ3) is 3.34. The molecule has 0 aliphatic carbocycles. The molecule has 2 atom stereocenters. The number of thiazole rings is 1. The van der Waals surface area contributed by atoms with Crippen LogP contribution in [0.4, 0.5) is 0 Å². The molecule has 0 radical (unpaired) electrons. The van der Waals surface area contributed by atoms with Crippen molar-refractivity contribution in [3.8, 4) is 0 Å². The average molecular weight is 281 g/mol. The summed E-state index contributed by atoms with van der Waals surface area (Å²) in [5, 5.41) is 4.40. The van der Waals surface area contributed by atoms with Crippen LogP contribution >= 0.6 is 11.3 Å². The van der Waals surface area contributed by atoms with E-state index in [1.165, 1.54) is 4.88 Å². The topological polar surface area (TPSA) is 45.2 Å². The molecule has 0 bridgehead atoms. The highest BCUT2D eigenvalue weighted by molar-refractivity contribution is 7.11. The molecule has 1 amide bonds. The molecular weight excluding hydrogens is 258 g/mol. The van der Waals surface area contributed by atoms with E-state index in [9.17, 15) is 4.79 Å². The second-order valence-electron chi connectivity index (χ2n) is 5.17. The number of rotatable bonds is 5. The lowest BCUT2D eigenvalue weighted by Gasteiger charge is -2.36. The van der Waals surface area contributed by atoms with Gasteiger partial charge in [-0.05, 0) is 39.7 Å². The number of nitrogens with zero attached hydrogens (tertiary/aromatic N) is 2. The highest BCUT2D eigenvalue weighted by Crippen LogP contribution is 2.27. The largest absolute Gasteiger partial charge is 0.332 e. The van der Waals surface area contributed by atoms with E-state index in [0.29, 0.717) is 0 Å². The minimum Gasteiger partial charge on any atom is -0.332 e. The van der Waals surface area contributed by atoms with E-state index in [2.05, 4.69) is 31.1 Å². The van der Waals surface area contributed by atoms with Crippen molar-refractivity contribution in [2.24, 2.45) is 0 Å². The summed E-state index contributed by atoms with van der Waals surface area (Å²) in [6.45, 7) is 8.02. The summed E-state index contributed by atoms with van der Waals surface area (Å²) >= 11 is 1.69. The summed E-state index contributed by atoms with van der Waals surface area (Å²) in [5.74, 6) is 0.236. The molecule has 2 unspecified atom stereocenters. The Morgan fingerprint density at radius 1 is 1.63 bits per heavy atom. The molecule has 0 spiro atoms. The second-order valence-corrected chi connectivity index (χ2v) is 6.43. The number of amides is 1. The fourth-order valence-electron chi connectivity index (χ4n) is 2.49. The summed E-state index contributed by atoms with van der Waals surface area (Å²) in [5.41, 5.74) is 0. The molecule has 19 heavy (non-hydrogen) atoms. The Morgan fingerprint density at radius 2 is 2.42 bits per heavy atom. The van der Waals surface area contributed by atoms with Crippen molar-refractivity contribution in [3.05, 3.63) is 16.1 Å². The Morgan fingerprint density at radius 3 is 3.05 bits per heavy atom. The first kappa shape index (κ1) is 14.5. The van der Waals surface area contributed by atoms with Crippen LogP contribution in [0.3, 0.4) is 0 Å². The number of hydrogen-bond acceptors (Lipinski definition) is 4. The summed E-state index contributed by atoms with van der Waals surface area (Å²) in [6.07, 6.45) is 4.98. The third-order valence-electron chi connectivity index (χ3n) is 3.58. The molecule has 4 nitrogen and oxygen atoms in total. The molecule has 1 aromatic heterocycles. The van der Waals surface area contributed by atoms with Gasteiger partial charge in [-0.3, -0.25) is 4.79 Å². The fourth-order valence-corrected chi connectivity index (χ4v) is 3.33. The quantitative estimate of drug-likeness (QED) is 0.902. The minimum atomic E-state index is -0.00258. The predicted molar refractivity (Wildman–Crippen MR) is 78.3 cm³/mol. The van der Waals surface area contributed by atoms with Gasteiger partial charge < -0.3 is 10.2 Å². The van der Waals surface area contributed by atoms with Crippen LogP contribution < -0.4 is 5.32 Å². The first-order valence-corrected chi connectivity index (χ1v) is 7.91. The van der Waals surface area contributed by atoms with Crippen molar-refractivity contribution in [2.45, 2.75) is 52.1 Å². The van der Waals surface area contributed by atoms with E-state index >= 15 is 0 Å². The number of nitrogens with one attached hydrogen (secondary N) is 1. The SMILES string of the molecule is CCCNC1CCCN(C(C)c2ncc(C)s2)C1=O. The highest BCUT2D eigenvalue weighted by Gasteiger charge is 2.32. The molecule has 2 heterocycles. The highest BCUT2D eigenvalue weighted by atomic mass is 32.1. The first-order valence-electron chi connectivity index (χ1n) is 7.09. The van der Waals surface area contributed by atoms with E-state index in [1.807, 2.05) is 11.1 Å². The van der Waals surface area contributed by atoms with Gasteiger partial charge in [0.25, 0.3) is 0 Å². The molecule has 1 aliphatic rings. The van der Waals surface area contributed by atoms with Gasteiger partial charge in [-0.2, -0.15) is 0 Å². The summed E-state index contributed by atoms with van der Waals surface area (Å²) < 4.78 is 0. The van der Waals surface area contributed by atoms with Gasteiger partial charge in [-0.1, -0.05) is 6.92 Å². The van der Waals surface area contributed by atoms with Gasteiger partial charge in [0.2, 0.25) is 5.91 Å². The van der Waals surface area contributed by atoms with Crippen molar-refractivity contribution in [1.29, 1.82) is 0 Å². The molecule has 106 valence electrons. The zero-order valence-corrected chi connectivity index (χ0v) is 12.8. The predicted octanol–water partition coefficient (Wildman–Crippen LogP) is 2.50. The lowest BCUT2D eigenvalue weighted by molar-refractivity contribution is -0.138. The Kier molecular flexibility index (Phi) is 4.93. The molecule has 1 saturated heterocycles. The van der Waals surface area contributed by atoms with Gasteiger partial charge in [-0.25, -0.2) is 4.98 Å². The van der Waals surface area contributed by atoms with E-state index in [1.54, 1.807) is 11.3 Å². The summed E-state index contributed by atoms with van der Waals surface area (Å²) in [6, 6.07) is 0.0923. The molecule has 1 N–H and O–H groups in total. The fraction of sp³-hybridized carbons (Fsp3) is 0.714. The number of aromatic nitrogens is 1. The smallest absolute Gasteiger partial charge is 0.240 e. The molecular formula is C14H23N3OS. The monoisotopic (exact) mass is 281 g/mol. The minimum absolute atomic E-state index is 0.00258. The zero-order valence-electron chi connectivity index (χ0n) is 12.0. The molecule has 1 aromatic rings. The van der Waals surface area contributed by atoms with E-state index in [0.717, 1.165) is 37.4 Å². The number of carbonyl (C=O) groups is 1. The van der Waals surface area contributed by atoms with Crippen LogP contribution in [0.25, 0.3) is 0 Å². The van der Waals surface area contributed by atoms with Gasteiger partial charge in [0, 0.05) is 17.6 Å². The van der Waals surface area contributed by atoms with Crippen LogP contribution in [-0.2, 0) is 4.79 Å². The number of likely N-dealkylation sites (tertiary alicyclic amines) is 1. The van der Waals surface area contributed by atoms with Crippen LogP contribution in [0.5, 0.6) is 0 Å². The maximum atomic E-state index is 12.5. The van der Waals surface area contributed by atoms with Crippen LogP contribution in [0, 0.1) is 6.92 Å². The van der Waals surface area contributed by atoms with Crippen molar-refractivity contribution in [3.63, 3.8) is 0 Å². The maximum absolute atomic E-state index is 12.5. The number of piperidine rings is 1. The summed E-state index contributed by atoms with van der Waals surface area (Å²) in [4.78, 5) is 20.1. The zero-order chi connectivity index (χ0) is 13.8. The van der Waals surface area contributed by atoms with E-state index < -0.39 is 0 Å². The number of hydrogen-bond donors (Lipinski definition) is 1. The van der Waals surface area contributed by atoms with Gasteiger partial charge in [0.05, 0.1) is 12.1 Å². The van der Waals surface area contributed by atoms with Crippen molar-refractivity contribution >= 4 is 17.2 Å². The molecule has 0 aromatic carbocycles. The van der Waals surface area contributed by atoms with Crippen LogP contribution in [0.2, 0.25) is 0 Å². The van der Waals surface area contributed by atoms with Crippen molar-refractivity contribution < 1.29 is 4.79 Å². The Balaban J connectivity index is 2.04. The third-order valence-corrected chi connectivity index (χ3v) is 4.66. The Hall–Kier alpha value is -0.940. The van der Waals surface area contributed by atoms with E-state index in [-0.39, 0.29) is 18.0 Å².